The number of hydrogen-bond donors (Lipinski definition) is 3. The summed E-state index contributed by atoms with van der Waals surface area (Å²) in [6.07, 6.45) is 0. The summed E-state index contributed by atoms with van der Waals surface area (Å²) in [7, 11) is -4.18. The van der Waals surface area contributed by atoms with E-state index in [1.807, 2.05) is 4.72 Å². The van der Waals surface area contributed by atoms with Crippen molar-refractivity contribution in [1.82, 2.24) is 4.72 Å². The van der Waals surface area contributed by atoms with Crippen LogP contribution in [-0.4, -0.2) is 32.3 Å². The van der Waals surface area contributed by atoms with Gasteiger partial charge in [0, 0.05) is 18.3 Å². The zero-order valence-corrected chi connectivity index (χ0v) is 11.4. The Kier molecular flexibility index (Phi) is 5.00. The van der Waals surface area contributed by atoms with Gasteiger partial charge in [-0.25, -0.2) is 13.1 Å². The van der Waals surface area contributed by atoms with Crippen molar-refractivity contribution >= 4 is 27.3 Å². The standard InChI is InChI=1S/C10H14N4O5S/c1-2-12-7-3-4-9(8(5-7)14(16)17)20(18,19)13-6-10(11)15/h3-5,12-13H,2,6H2,1H3,(H2,11,15). The van der Waals surface area contributed by atoms with Crippen molar-refractivity contribution in [2.24, 2.45) is 5.73 Å². The molecule has 0 bridgehead atoms. The summed E-state index contributed by atoms with van der Waals surface area (Å²) in [5.41, 5.74) is 4.67. The third kappa shape index (κ3) is 3.90. The fourth-order valence-corrected chi connectivity index (χ4v) is 2.59. The number of sulfonamides is 1. The molecule has 0 saturated carbocycles. The van der Waals surface area contributed by atoms with Crippen LogP contribution in [-0.2, 0) is 14.8 Å². The molecule has 4 N–H and O–H groups in total. The smallest absolute Gasteiger partial charge is 0.291 e. The van der Waals surface area contributed by atoms with Crippen molar-refractivity contribution in [2.45, 2.75) is 11.8 Å². The monoisotopic (exact) mass is 302 g/mol. The molecule has 0 aliphatic heterocycles. The summed E-state index contributed by atoms with van der Waals surface area (Å²) in [4.78, 5) is 20.2. The molecular formula is C10H14N4O5S. The number of nitro benzene ring substituents is 1. The number of hydrogen-bond acceptors (Lipinski definition) is 6. The SMILES string of the molecule is CCNc1ccc(S(=O)(=O)NCC(N)=O)c([N+](=O)[O-])c1. The Hall–Kier alpha value is -2.20. The van der Waals surface area contributed by atoms with E-state index in [4.69, 9.17) is 5.73 Å². The number of benzene rings is 1. The number of nitrogens with zero attached hydrogens (tertiary/aromatic N) is 1. The van der Waals surface area contributed by atoms with Crippen molar-refractivity contribution in [3.05, 3.63) is 28.3 Å². The number of carbonyl (C=O) groups is 1. The van der Waals surface area contributed by atoms with Gasteiger partial charge in [0.15, 0.2) is 4.90 Å². The molecule has 0 atom stereocenters. The number of anilines is 1. The molecule has 20 heavy (non-hydrogen) atoms. The molecule has 1 aromatic carbocycles. The average Bonchev–Trinajstić information content (AvgIpc) is 2.36. The Bertz CT molecular complexity index is 629. The summed E-state index contributed by atoms with van der Waals surface area (Å²) in [6.45, 7) is 1.70. The molecular weight excluding hydrogens is 288 g/mol. The van der Waals surface area contributed by atoms with Gasteiger partial charge in [-0.3, -0.25) is 14.9 Å². The number of rotatable bonds is 7. The van der Waals surface area contributed by atoms with Gasteiger partial charge in [-0.2, -0.15) is 0 Å². The summed E-state index contributed by atoms with van der Waals surface area (Å²) in [6, 6.07) is 3.61. The molecule has 110 valence electrons. The molecule has 0 heterocycles. The summed E-state index contributed by atoms with van der Waals surface area (Å²) < 4.78 is 25.7. The van der Waals surface area contributed by atoms with Crippen LogP contribution in [0.2, 0.25) is 0 Å². The first-order valence-electron chi connectivity index (χ1n) is 5.58. The second-order valence-corrected chi connectivity index (χ2v) is 5.50. The maximum atomic E-state index is 11.9. The summed E-state index contributed by atoms with van der Waals surface area (Å²) >= 11 is 0. The van der Waals surface area contributed by atoms with E-state index in [9.17, 15) is 23.3 Å². The van der Waals surface area contributed by atoms with Gasteiger partial charge < -0.3 is 11.1 Å². The van der Waals surface area contributed by atoms with Gasteiger partial charge in [0.2, 0.25) is 15.9 Å². The van der Waals surface area contributed by atoms with Gasteiger partial charge >= 0.3 is 0 Å². The van der Waals surface area contributed by atoms with Crippen LogP contribution in [0, 0.1) is 10.1 Å². The van der Waals surface area contributed by atoms with Crippen LogP contribution in [0.5, 0.6) is 0 Å². The second kappa shape index (κ2) is 6.30. The quantitative estimate of drug-likeness (QED) is 0.469. The van der Waals surface area contributed by atoms with Gasteiger partial charge in [0.25, 0.3) is 5.69 Å². The van der Waals surface area contributed by atoms with E-state index >= 15 is 0 Å². The molecule has 0 unspecified atom stereocenters. The summed E-state index contributed by atoms with van der Waals surface area (Å²) in [5.74, 6) is -0.888. The van der Waals surface area contributed by atoms with E-state index in [1.165, 1.54) is 6.07 Å². The molecule has 1 aromatic rings. The molecule has 10 heteroatoms. The van der Waals surface area contributed by atoms with Crippen molar-refractivity contribution in [1.29, 1.82) is 0 Å². The number of carbonyl (C=O) groups excluding carboxylic acids is 1. The lowest BCUT2D eigenvalue weighted by molar-refractivity contribution is -0.387. The molecule has 0 aromatic heterocycles. The van der Waals surface area contributed by atoms with Crippen molar-refractivity contribution < 1.29 is 18.1 Å². The number of nitrogens with two attached hydrogens (primary N) is 1. The third-order valence-electron chi connectivity index (χ3n) is 2.26. The normalized spacial score (nSPS) is 11.1. The molecule has 1 amide bonds. The molecule has 9 nitrogen and oxygen atoms in total. The van der Waals surface area contributed by atoms with Crippen LogP contribution in [0.15, 0.2) is 23.1 Å². The highest BCUT2D eigenvalue weighted by Gasteiger charge is 2.26. The first-order valence-corrected chi connectivity index (χ1v) is 7.06. The van der Waals surface area contributed by atoms with Gasteiger partial charge in [-0.1, -0.05) is 0 Å². The van der Waals surface area contributed by atoms with E-state index in [-0.39, 0.29) is 0 Å². The zero-order valence-electron chi connectivity index (χ0n) is 10.6. The predicted octanol–water partition coefficient (Wildman–Crippen LogP) is -0.210. The van der Waals surface area contributed by atoms with Gasteiger partial charge in [-0.15, -0.1) is 0 Å². The highest BCUT2D eigenvalue weighted by atomic mass is 32.2. The van der Waals surface area contributed by atoms with E-state index in [0.29, 0.717) is 12.2 Å². The number of primary amides is 1. The Morgan fingerprint density at radius 3 is 2.60 bits per heavy atom. The second-order valence-electron chi connectivity index (χ2n) is 3.76. The number of amides is 1. The topological polar surface area (TPSA) is 144 Å². The first-order chi connectivity index (χ1) is 9.27. The Morgan fingerprint density at radius 2 is 2.10 bits per heavy atom. The van der Waals surface area contributed by atoms with Gasteiger partial charge in [-0.05, 0) is 19.1 Å². The molecule has 1 rings (SSSR count). The predicted molar refractivity (Wildman–Crippen MR) is 71.6 cm³/mol. The van der Waals surface area contributed by atoms with Crippen LogP contribution in [0.4, 0.5) is 11.4 Å². The fourth-order valence-electron chi connectivity index (χ4n) is 1.45. The van der Waals surface area contributed by atoms with Gasteiger partial charge in [0.1, 0.15) is 0 Å². The lowest BCUT2D eigenvalue weighted by atomic mass is 10.3. The first kappa shape index (κ1) is 15.9. The Morgan fingerprint density at radius 1 is 1.45 bits per heavy atom. The zero-order chi connectivity index (χ0) is 15.3. The molecule has 0 radical (unpaired) electrons. The van der Waals surface area contributed by atoms with E-state index in [1.54, 1.807) is 6.92 Å². The van der Waals surface area contributed by atoms with Crippen LogP contribution >= 0.6 is 0 Å². The highest BCUT2D eigenvalue weighted by Crippen LogP contribution is 2.26. The van der Waals surface area contributed by atoms with Crippen LogP contribution in [0.1, 0.15) is 6.92 Å². The van der Waals surface area contributed by atoms with E-state index in [0.717, 1.165) is 12.1 Å². The average molecular weight is 302 g/mol. The van der Waals surface area contributed by atoms with Crippen molar-refractivity contribution in [2.75, 3.05) is 18.4 Å². The molecule has 0 aliphatic carbocycles. The van der Waals surface area contributed by atoms with Gasteiger partial charge in [0.05, 0.1) is 11.5 Å². The number of nitrogens with one attached hydrogen (secondary N) is 2. The third-order valence-corrected chi connectivity index (χ3v) is 3.71. The maximum absolute atomic E-state index is 11.9. The Labute approximate surface area is 115 Å². The minimum atomic E-state index is -4.18. The van der Waals surface area contributed by atoms with Crippen LogP contribution < -0.4 is 15.8 Å². The minimum absolute atomic E-state index is 0.424. The minimum Gasteiger partial charge on any atom is -0.385 e. The molecule has 0 aliphatic rings. The van der Waals surface area contributed by atoms with Crippen molar-refractivity contribution in [3.8, 4) is 0 Å². The fraction of sp³-hybridized carbons (Fsp3) is 0.300. The molecule has 0 fully saturated rings. The van der Waals surface area contributed by atoms with E-state index < -0.39 is 38.0 Å². The summed E-state index contributed by atoms with van der Waals surface area (Å²) in [5, 5.41) is 13.8. The van der Waals surface area contributed by atoms with Crippen LogP contribution in [0.3, 0.4) is 0 Å². The van der Waals surface area contributed by atoms with Crippen LogP contribution in [0.25, 0.3) is 0 Å². The maximum Gasteiger partial charge on any atom is 0.291 e. The van der Waals surface area contributed by atoms with Crippen molar-refractivity contribution in [3.63, 3.8) is 0 Å². The number of nitro groups is 1. The highest BCUT2D eigenvalue weighted by molar-refractivity contribution is 7.89. The molecule has 0 spiro atoms. The lowest BCUT2D eigenvalue weighted by Crippen LogP contribution is -2.33. The lowest BCUT2D eigenvalue weighted by Gasteiger charge is -2.08. The molecule has 0 saturated heterocycles. The Balaban J connectivity index is 3.23. The largest absolute Gasteiger partial charge is 0.385 e. The van der Waals surface area contributed by atoms with E-state index in [2.05, 4.69) is 5.32 Å².